The lowest BCUT2D eigenvalue weighted by atomic mass is 10.2. The van der Waals surface area contributed by atoms with Gasteiger partial charge < -0.3 is 9.84 Å². The first-order valence-electron chi connectivity index (χ1n) is 5.36. The van der Waals surface area contributed by atoms with Crippen LogP contribution in [0.3, 0.4) is 0 Å². The molecule has 0 radical (unpaired) electrons. The predicted octanol–water partition coefficient (Wildman–Crippen LogP) is 0.916. The number of hydrogen-bond acceptors (Lipinski definition) is 4. The number of aliphatic hydroxyl groups excluding tert-OH is 1. The molecular weight excluding hydrogens is 222 g/mol. The molecule has 1 atom stereocenters. The summed E-state index contributed by atoms with van der Waals surface area (Å²) in [6, 6.07) is 9.20. The molecular formula is C12H13NO4. The third kappa shape index (κ3) is 2.82. The number of ether oxygens (including phenoxy) is 1. The van der Waals surface area contributed by atoms with Crippen LogP contribution in [0.5, 0.6) is 0 Å². The maximum absolute atomic E-state index is 11.5. The summed E-state index contributed by atoms with van der Waals surface area (Å²) < 4.78 is 4.99. The molecule has 0 bridgehead atoms. The van der Waals surface area contributed by atoms with Crippen molar-refractivity contribution in [1.82, 2.24) is 4.90 Å². The van der Waals surface area contributed by atoms with Crippen molar-refractivity contribution < 1.29 is 19.4 Å². The van der Waals surface area contributed by atoms with Gasteiger partial charge in [0, 0.05) is 0 Å². The molecule has 5 heteroatoms. The number of carbonyl (C=O) groups is 2. The molecule has 0 spiro atoms. The standard InChI is InChI=1S/C12H13NO4/c14-10-6-11(15)13(7-10)12(16)17-8-9-4-2-1-3-5-9/h1-5,10,14H,6-8H2/t10-/m0/s1. The van der Waals surface area contributed by atoms with E-state index in [9.17, 15) is 14.7 Å². The summed E-state index contributed by atoms with van der Waals surface area (Å²) in [5, 5.41) is 9.23. The minimum absolute atomic E-state index is 0.0135. The van der Waals surface area contributed by atoms with E-state index >= 15 is 0 Å². The lowest BCUT2D eigenvalue weighted by Crippen LogP contribution is -2.33. The Labute approximate surface area is 98.6 Å². The third-order valence-corrected chi connectivity index (χ3v) is 2.53. The molecule has 1 heterocycles. The fourth-order valence-corrected chi connectivity index (χ4v) is 1.66. The number of amides is 2. The zero-order valence-electron chi connectivity index (χ0n) is 9.20. The van der Waals surface area contributed by atoms with Crippen LogP contribution in [0.2, 0.25) is 0 Å². The molecule has 0 unspecified atom stereocenters. The average Bonchev–Trinajstić information content (AvgIpc) is 2.67. The largest absolute Gasteiger partial charge is 0.444 e. The van der Waals surface area contributed by atoms with Gasteiger partial charge in [-0.2, -0.15) is 0 Å². The normalized spacial score (nSPS) is 19.5. The van der Waals surface area contributed by atoms with Crippen molar-refractivity contribution in [2.45, 2.75) is 19.1 Å². The molecule has 1 fully saturated rings. The van der Waals surface area contributed by atoms with Crippen LogP contribution >= 0.6 is 0 Å². The Morgan fingerprint density at radius 1 is 1.41 bits per heavy atom. The third-order valence-electron chi connectivity index (χ3n) is 2.53. The van der Waals surface area contributed by atoms with E-state index in [1.165, 1.54) is 0 Å². The number of aliphatic hydroxyl groups is 1. The average molecular weight is 235 g/mol. The first-order valence-corrected chi connectivity index (χ1v) is 5.36. The van der Waals surface area contributed by atoms with E-state index < -0.39 is 18.1 Å². The van der Waals surface area contributed by atoms with E-state index in [4.69, 9.17) is 4.74 Å². The summed E-state index contributed by atoms with van der Waals surface area (Å²) in [6.45, 7) is 0.145. The molecule has 1 saturated heterocycles. The molecule has 0 aromatic heterocycles. The van der Waals surface area contributed by atoms with E-state index in [1.807, 2.05) is 30.3 Å². The summed E-state index contributed by atoms with van der Waals surface area (Å²) in [7, 11) is 0. The van der Waals surface area contributed by atoms with Crippen LogP contribution in [0.15, 0.2) is 30.3 Å². The second kappa shape index (κ2) is 4.97. The van der Waals surface area contributed by atoms with Crippen LogP contribution < -0.4 is 0 Å². The Balaban J connectivity index is 1.88. The van der Waals surface area contributed by atoms with Crippen LogP contribution in [0.25, 0.3) is 0 Å². The summed E-state index contributed by atoms with van der Waals surface area (Å²) in [5.74, 6) is -0.393. The molecule has 2 amide bonds. The van der Waals surface area contributed by atoms with Crippen LogP contribution in [0, 0.1) is 0 Å². The van der Waals surface area contributed by atoms with Gasteiger partial charge in [0.05, 0.1) is 19.1 Å². The van der Waals surface area contributed by atoms with E-state index in [1.54, 1.807) is 0 Å². The van der Waals surface area contributed by atoms with E-state index in [0.29, 0.717) is 0 Å². The molecule has 17 heavy (non-hydrogen) atoms. The van der Waals surface area contributed by atoms with Crippen LogP contribution in [0.4, 0.5) is 4.79 Å². The molecule has 2 rings (SSSR count). The summed E-state index contributed by atoms with van der Waals surface area (Å²) in [4.78, 5) is 23.8. The molecule has 0 saturated carbocycles. The summed E-state index contributed by atoms with van der Waals surface area (Å²) >= 11 is 0. The first-order chi connectivity index (χ1) is 8.16. The number of carbonyl (C=O) groups excluding carboxylic acids is 2. The second-order valence-corrected chi connectivity index (χ2v) is 3.90. The SMILES string of the molecule is O=C1C[C@H](O)CN1C(=O)OCc1ccccc1. The topological polar surface area (TPSA) is 66.8 Å². The van der Waals surface area contributed by atoms with Gasteiger partial charge in [0.15, 0.2) is 0 Å². The highest BCUT2D eigenvalue weighted by Crippen LogP contribution is 2.13. The van der Waals surface area contributed by atoms with Gasteiger partial charge in [-0.25, -0.2) is 9.69 Å². The maximum Gasteiger partial charge on any atom is 0.416 e. The maximum atomic E-state index is 11.5. The zero-order chi connectivity index (χ0) is 12.3. The Morgan fingerprint density at radius 2 is 2.12 bits per heavy atom. The van der Waals surface area contributed by atoms with Gasteiger partial charge in [-0.15, -0.1) is 0 Å². The Hall–Kier alpha value is -1.88. The predicted molar refractivity (Wildman–Crippen MR) is 59.0 cm³/mol. The van der Waals surface area contributed by atoms with E-state index in [-0.39, 0.29) is 19.6 Å². The van der Waals surface area contributed by atoms with Crippen LogP contribution in [0.1, 0.15) is 12.0 Å². The molecule has 90 valence electrons. The minimum Gasteiger partial charge on any atom is -0.444 e. The molecule has 1 aliphatic heterocycles. The minimum atomic E-state index is -0.772. The van der Waals surface area contributed by atoms with Gasteiger partial charge in [-0.1, -0.05) is 30.3 Å². The molecule has 0 aliphatic carbocycles. The Bertz CT molecular complexity index is 418. The lowest BCUT2D eigenvalue weighted by molar-refractivity contribution is -0.126. The summed E-state index contributed by atoms with van der Waals surface area (Å²) in [5.41, 5.74) is 0.855. The second-order valence-electron chi connectivity index (χ2n) is 3.90. The van der Waals surface area contributed by atoms with Gasteiger partial charge in [-0.05, 0) is 5.56 Å². The Morgan fingerprint density at radius 3 is 2.71 bits per heavy atom. The van der Waals surface area contributed by atoms with Crippen molar-refractivity contribution in [1.29, 1.82) is 0 Å². The van der Waals surface area contributed by atoms with Crippen molar-refractivity contribution in [3.05, 3.63) is 35.9 Å². The van der Waals surface area contributed by atoms with E-state index in [0.717, 1.165) is 10.5 Å². The van der Waals surface area contributed by atoms with Gasteiger partial charge >= 0.3 is 6.09 Å². The van der Waals surface area contributed by atoms with E-state index in [2.05, 4.69) is 0 Å². The van der Waals surface area contributed by atoms with Crippen LogP contribution in [-0.2, 0) is 16.1 Å². The number of benzene rings is 1. The quantitative estimate of drug-likeness (QED) is 0.827. The Kier molecular flexibility index (Phi) is 3.39. The molecule has 1 aromatic carbocycles. The highest BCUT2D eigenvalue weighted by Gasteiger charge is 2.33. The number of hydrogen-bond donors (Lipinski definition) is 1. The first kappa shape index (κ1) is 11.6. The number of rotatable bonds is 2. The molecule has 1 N–H and O–H groups in total. The monoisotopic (exact) mass is 235 g/mol. The van der Waals surface area contributed by atoms with Crippen LogP contribution in [-0.4, -0.2) is 34.7 Å². The highest BCUT2D eigenvalue weighted by atomic mass is 16.6. The van der Waals surface area contributed by atoms with Crippen molar-refractivity contribution in [2.24, 2.45) is 0 Å². The van der Waals surface area contributed by atoms with Gasteiger partial charge in [-0.3, -0.25) is 4.79 Å². The highest BCUT2D eigenvalue weighted by molar-refractivity contribution is 5.93. The van der Waals surface area contributed by atoms with Crippen molar-refractivity contribution in [3.8, 4) is 0 Å². The number of imide groups is 1. The molecule has 1 aliphatic rings. The fraction of sp³-hybridized carbons (Fsp3) is 0.333. The number of β-amino-alcohol motifs (C(OH)–C–C–N with tert-alkyl or cyclic N) is 1. The fourth-order valence-electron chi connectivity index (χ4n) is 1.66. The summed E-state index contributed by atoms with van der Waals surface area (Å²) in [6.07, 6.45) is -1.48. The van der Waals surface area contributed by atoms with Crippen molar-refractivity contribution >= 4 is 12.0 Å². The van der Waals surface area contributed by atoms with Gasteiger partial charge in [0.1, 0.15) is 6.61 Å². The smallest absolute Gasteiger partial charge is 0.416 e. The zero-order valence-corrected chi connectivity index (χ0v) is 9.20. The van der Waals surface area contributed by atoms with Crippen molar-refractivity contribution in [2.75, 3.05) is 6.54 Å². The van der Waals surface area contributed by atoms with Gasteiger partial charge in [0.25, 0.3) is 0 Å². The lowest BCUT2D eigenvalue weighted by Gasteiger charge is -2.13. The molecule has 1 aromatic rings. The number of likely N-dealkylation sites (tertiary alicyclic amines) is 1. The van der Waals surface area contributed by atoms with Crippen molar-refractivity contribution in [3.63, 3.8) is 0 Å². The van der Waals surface area contributed by atoms with Gasteiger partial charge in [0.2, 0.25) is 5.91 Å². The molecule has 5 nitrogen and oxygen atoms in total. The number of nitrogens with zero attached hydrogens (tertiary/aromatic N) is 1.